The number of nitrogens with two attached hydrogens (primary N) is 1. The lowest BCUT2D eigenvalue weighted by molar-refractivity contribution is -0.124. The van der Waals surface area contributed by atoms with E-state index >= 15 is 0 Å². The molecule has 0 radical (unpaired) electrons. The summed E-state index contributed by atoms with van der Waals surface area (Å²) < 4.78 is 0. The number of rotatable bonds is 11. The van der Waals surface area contributed by atoms with Gasteiger partial charge in [-0.1, -0.05) is 48.5 Å². The standard InChI is InChI=1S/C26H36N4O2.C18H24N6O/c1-8-19-22(16(2)3)23-21(30(7)25(19)32)15-28-24(29-23)20-11-12-27-14-17(20)9-10-18(31)13-26(4,5)6;1-5-14-18(25)23(4)15-10-21-16(22-17(15)24(14)11(2)3)13-6-7-20-9-12(13)8-19/h11-12,14-16,19,22H,8-10,13H2,1-7H3;6-7,9-11,14H,5,8,19H2,1-4H3/t19-,22?;14-/m01/s1. The van der Waals surface area contributed by atoms with Gasteiger partial charge in [0.1, 0.15) is 17.5 Å². The van der Waals surface area contributed by atoms with Gasteiger partial charge >= 0.3 is 0 Å². The number of amides is 2. The third-order valence-corrected chi connectivity index (χ3v) is 10.9. The first-order chi connectivity index (χ1) is 27.0. The topological polar surface area (TPSA) is 164 Å². The zero-order chi connectivity index (χ0) is 41.8. The minimum atomic E-state index is -0.216. The van der Waals surface area contributed by atoms with Gasteiger partial charge in [-0.2, -0.15) is 0 Å². The van der Waals surface area contributed by atoms with E-state index in [9.17, 15) is 14.4 Å². The van der Waals surface area contributed by atoms with E-state index < -0.39 is 0 Å². The van der Waals surface area contributed by atoms with E-state index in [0.717, 1.165) is 58.0 Å². The minimum absolute atomic E-state index is 0.0123. The van der Waals surface area contributed by atoms with Crippen LogP contribution in [0.15, 0.2) is 49.3 Å². The van der Waals surface area contributed by atoms with Crippen LogP contribution in [-0.4, -0.2) is 73.7 Å². The highest BCUT2D eigenvalue weighted by molar-refractivity contribution is 6.04. The van der Waals surface area contributed by atoms with E-state index in [1.807, 2.05) is 32.3 Å². The Kier molecular flexibility index (Phi) is 13.5. The molecule has 0 fully saturated rings. The number of anilines is 3. The molecule has 3 atom stereocenters. The highest BCUT2D eigenvalue weighted by Crippen LogP contribution is 2.44. The van der Waals surface area contributed by atoms with Crippen molar-refractivity contribution >= 4 is 34.8 Å². The summed E-state index contributed by atoms with van der Waals surface area (Å²) in [5, 5.41) is 0. The number of aryl methyl sites for hydroxylation is 1. The van der Waals surface area contributed by atoms with Gasteiger partial charge in [0.05, 0.1) is 23.8 Å². The van der Waals surface area contributed by atoms with Gasteiger partial charge in [-0.3, -0.25) is 24.4 Å². The zero-order valence-electron chi connectivity index (χ0n) is 35.6. The van der Waals surface area contributed by atoms with Crippen LogP contribution < -0.4 is 20.4 Å². The molecular weight excluding hydrogens is 717 g/mol. The second-order valence-electron chi connectivity index (χ2n) is 16.9. The van der Waals surface area contributed by atoms with Crippen LogP contribution in [0.1, 0.15) is 111 Å². The normalized spacial score (nSPS) is 18.1. The van der Waals surface area contributed by atoms with Gasteiger partial charge in [0.2, 0.25) is 11.8 Å². The van der Waals surface area contributed by atoms with Crippen molar-refractivity contribution in [3.63, 3.8) is 0 Å². The molecule has 2 amide bonds. The summed E-state index contributed by atoms with van der Waals surface area (Å²) in [4.78, 5) is 70.8. The summed E-state index contributed by atoms with van der Waals surface area (Å²) in [7, 11) is 3.59. The minimum Gasteiger partial charge on any atom is -0.340 e. The smallest absolute Gasteiger partial charge is 0.249 e. The van der Waals surface area contributed by atoms with Crippen molar-refractivity contribution in [3.8, 4) is 22.8 Å². The van der Waals surface area contributed by atoms with E-state index in [0.29, 0.717) is 37.5 Å². The highest BCUT2D eigenvalue weighted by Gasteiger charge is 2.41. The summed E-state index contributed by atoms with van der Waals surface area (Å²) in [5.74, 6) is 2.74. The summed E-state index contributed by atoms with van der Waals surface area (Å²) in [5.41, 5.74) is 11.9. The molecule has 13 nitrogen and oxygen atoms in total. The predicted molar refractivity (Wildman–Crippen MR) is 226 cm³/mol. The van der Waals surface area contributed by atoms with Crippen molar-refractivity contribution in [2.75, 3.05) is 28.8 Å². The van der Waals surface area contributed by atoms with Gasteiger partial charge in [0.15, 0.2) is 17.5 Å². The number of Topliss-reactive ketones (excluding diaryl/α,β-unsaturated/α-hetero) is 1. The average Bonchev–Trinajstić information content (AvgIpc) is 3.18. The van der Waals surface area contributed by atoms with Crippen LogP contribution in [0.5, 0.6) is 0 Å². The Bertz CT molecular complexity index is 2080. The molecule has 2 aliphatic rings. The number of hydrogen-bond donors (Lipinski definition) is 1. The number of aromatic nitrogens is 6. The number of likely N-dealkylation sites (N-methyl/N-ethyl adjacent to an activating group) is 1. The molecule has 0 aromatic carbocycles. The van der Waals surface area contributed by atoms with Gasteiger partial charge in [-0.25, -0.2) is 19.9 Å². The summed E-state index contributed by atoms with van der Waals surface area (Å²) in [6.45, 7) is 19.1. The van der Waals surface area contributed by atoms with Crippen molar-refractivity contribution in [1.29, 1.82) is 0 Å². The molecule has 13 heteroatoms. The molecule has 0 spiro atoms. The molecular formula is C44H60N10O3. The lowest BCUT2D eigenvalue weighted by Gasteiger charge is -2.42. The average molecular weight is 777 g/mol. The molecule has 6 rings (SSSR count). The van der Waals surface area contributed by atoms with Crippen LogP contribution in [-0.2, 0) is 27.3 Å². The monoisotopic (exact) mass is 776 g/mol. The maximum absolute atomic E-state index is 12.9. The van der Waals surface area contributed by atoms with Crippen LogP contribution in [0.3, 0.4) is 0 Å². The van der Waals surface area contributed by atoms with E-state index in [-0.39, 0.29) is 52.8 Å². The third-order valence-electron chi connectivity index (χ3n) is 10.9. The molecule has 4 aromatic heterocycles. The van der Waals surface area contributed by atoms with Crippen LogP contribution in [0.4, 0.5) is 17.2 Å². The number of carbonyl (C=O) groups is 3. The Morgan fingerprint density at radius 1 is 0.807 bits per heavy atom. The fraction of sp³-hybridized carbons (Fsp3) is 0.523. The van der Waals surface area contributed by atoms with Gasteiger partial charge in [0.25, 0.3) is 0 Å². The molecule has 6 heterocycles. The first kappa shape index (κ1) is 43.0. The molecule has 0 bridgehead atoms. The van der Waals surface area contributed by atoms with E-state index in [4.69, 9.17) is 15.7 Å². The van der Waals surface area contributed by atoms with Gasteiger partial charge < -0.3 is 20.4 Å². The van der Waals surface area contributed by atoms with Crippen LogP contribution >= 0.6 is 0 Å². The molecule has 2 aliphatic heterocycles. The molecule has 2 N–H and O–H groups in total. The number of hydrogen-bond acceptors (Lipinski definition) is 11. The number of carbonyl (C=O) groups excluding carboxylic acids is 3. The van der Waals surface area contributed by atoms with Crippen LogP contribution in [0.2, 0.25) is 0 Å². The van der Waals surface area contributed by atoms with Gasteiger partial charge in [-0.15, -0.1) is 0 Å². The lowest BCUT2D eigenvalue weighted by atomic mass is 9.76. The van der Waals surface area contributed by atoms with E-state index in [1.165, 1.54) is 0 Å². The van der Waals surface area contributed by atoms with Gasteiger partial charge in [-0.05, 0) is 67.7 Å². The number of nitrogens with zero attached hydrogens (tertiary/aromatic N) is 9. The fourth-order valence-electron chi connectivity index (χ4n) is 8.06. The number of pyridine rings is 2. The second kappa shape index (κ2) is 18.0. The maximum atomic E-state index is 12.9. The lowest BCUT2D eigenvalue weighted by Crippen LogP contribution is -2.54. The van der Waals surface area contributed by atoms with Crippen molar-refractivity contribution in [3.05, 3.63) is 66.1 Å². The first-order valence-corrected chi connectivity index (χ1v) is 20.2. The molecule has 1 unspecified atom stereocenters. The van der Waals surface area contributed by atoms with E-state index in [2.05, 4.69) is 80.2 Å². The molecule has 0 aliphatic carbocycles. The quantitative estimate of drug-likeness (QED) is 0.164. The van der Waals surface area contributed by atoms with Gasteiger partial charge in [0, 0.05) is 87.3 Å². The Labute approximate surface area is 338 Å². The molecule has 0 saturated carbocycles. The highest BCUT2D eigenvalue weighted by atomic mass is 16.2. The van der Waals surface area contributed by atoms with Crippen molar-refractivity contribution in [1.82, 2.24) is 29.9 Å². The molecule has 304 valence electrons. The Morgan fingerprint density at radius 3 is 1.95 bits per heavy atom. The Morgan fingerprint density at radius 2 is 1.39 bits per heavy atom. The molecule has 0 saturated heterocycles. The maximum Gasteiger partial charge on any atom is 0.249 e. The van der Waals surface area contributed by atoms with Crippen LogP contribution in [0, 0.1) is 17.3 Å². The summed E-state index contributed by atoms with van der Waals surface area (Å²) >= 11 is 0. The predicted octanol–water partition coefficient (Wildman–Crippen LogP) is 7.19. The van der Waals surface area contributed by atoms with Crippen molar-refractivity contribution in [2.24, 2.45) is 23.0 Å². The third kappa shape index (κ3) is 9.19. The second-order valence-corrected chi connectivity index (χ2v) is 16.9. The first-order valence-electron chi connectivity index (χ1n) is 20.2. The van der Waals surface area contributed by atoms with E-state index in [1.54, 1.807) is 47.8 Å². The number of fused-ring (bicyclic) bond motifs is 2. The molecule has 57 heavy (non-hydrogen) atoms. The number of ketones is 1. The summed E-state index contributed by atoms with van der Waals surface area (Å²) in [6.07, 6.45) is 13.6. The zero-order valence-corrected chi connectivity index (χ0v) is 35.6. The SMILES string of the molecule is CC[C@@H]1C(=O)N(C)c2cnc(-c3ccncc3CCC(=O)CC(C)(C)C)nc2C1C(C)C.CC[C@@H]1C(=O)N(C)c2cnc(-c3ccncc3CN)nc2N1C(C)C. The Hall–Kier alpha value is -5.17. The van der Waals surface area contributed by atoms with Crippen LogP contribution in [0.25, 0.3) is 22.8 Å². The molecule has 4 aromatic rings. The van der Waals surface area contributed by atoms with Crippen molar-refractivity contribution < 1.29 is 14.4 Å². The fourth-order valence-corrected chi connectivity index (χ4v) is 8.06. The Balaban J connectivity index is 0.000000224. The van der Waals surface area contributed by atoms with Crippen molar-refractivity contribution in [2.45, 2.75) is 119 Å². The summed E-state index contributed by atoms with van der Waals surface area (Å²) in [6, 6.07) is 3.73. The largest absolute Gasteiger partial charge is 0.340 e.